The van der Waals surface area contributed by atoms with Gasteiger partial charge < -0.3 is 20.1 Å². The number of carbonyl (C=O) groups is 1. The first kappa shape index (κ1) is 15.4. The van der Waals surface area contributed by atoms with E-state index in [0.29, 0.717) is 19.8 Å². The maximum absolute atomic E-state index is 12.4. The first-order chi connectivity index (χ1) is 9.67. The van der Waals surface area contributed by atoms with Gasteiger partial charge in [-0.3, -0.25) is 4.79 Å². The topological polar surface area (TPSA) is 59.6 Å². The fourth-order valence-corrected chi connectivity index (χ4v) is 2.77. The van der Waals surface area contributed by atoms with Gasteiger partial charge in [0.1, 0.15) is 0 Å². The van der Waals surface area contributed by atoms with Crippen LogP contribution in [0.3, 0.4) is 0 Å². The molecule has 0 aliphatic carbocycles. The average molecular weight is 343 g/mol. The van der Waals surface area contributed by atoms with Crippen LogP contribution in [0.5, 0.6) is 0 Å². The number of ether oxygens (including phenoxy) is 2. The van der Waals surface area contributed by atoms with Crippen molar-refractivity contribution in [1.29, 1.82) is 0 Å². The second kappa shape index (κ2) is 7.17. The Balaban J connectivity index is 2.13. The molecule has 1 heterocycles. The Morgan fingerprint density at radius 1 is 1.50 bits per heavy atom. The molecule has 2 N–H and O–H groups in total. The lowest BCUT2D eigenvalue weighted by Crippen LogP contribution is -2.39. The molecular formula is C14H19BrN2O3. The Hall–Kier alpha value is -0.950. The van der Waals surface area contributed by atoms with Crippen LogP contribution in [-0.4, -0.2) is 39.3 Å². The van der Waals surface area contributed by atoms with Crippen molar-refractivity contribution in [3.63, 3.8) is 0 Å². The molecule has 0 saturated carbocycles. The predicted octanol–water partition coefficient (Wildman–Crippen LogP) is 1.77. The normalized spacial score (nSPS) is 21.9. The van der Waals surface area contributed by atoms with Gasteiger partial charge >= 0.3 is 0 Å². The third kappa shape index (κ3) is 3.38. The van der Waals surface area contributed by atoms with Gasteiger partial charge in [-0.1, -0.05) is 22.0 Å². The molecule has 6 heteroatoms. The molecule has 20 heavy (non-hydrogen) atoms. The van der Waals surface area contributed by atoms with Crippen molar-refractivity contribution in [2.24, 2.45) is 5.92 Å². The summed E-state index contributed by atoms with van der Waals surface area (Å²) in [5, 5.41) is 6.09. The standard InChI is InChI=1S/C14H19BrN2O3/c1-16-13-8-20-7-10(13)14(18)17-12-5-3-4-11(15)9(12)6-19-2/h3-5,10,13,16H,6-8H2,1-2H3,(H,17,18). The predicted molar refractivity (Wildman–Crippen MR) is 80.6 cm³/mol. The minimum atomic E-state index is -0.172. The molecule has 0 aromatic heterocycles. The number of halogens is 1. The number of anilines is 1. The Bertz CT molecular complexity index is 481. The number of amides is 1. The van der Waals surface area contributed by atoms with Crippen LogP contribution in [0.1, 0.15) is 5.56 Å². The van der Waals surface area contributed by atoms with Crippen molar-refractivity contribution in [1.82, 2.24) is 5.32 Å². The number of methoxy groups -OCH3 is 1. The number of hydrogen-bond acceptors (Lipinski definition) is 4. The fourth-order valence-electron chi connectivity index (χ4n) is 2.29. The van der Waals surface area contributed by atoms with Gasteiger partial charge in [-0.05, 0) is 19.2 Å². The van der Waals surface area contributed by atoms with E-state index in [1.165, 1.54) is 0 Å². The Morgan fingerprint density at radius 3 is 3.00 bits per heavy atom. The minimum Gasteiger partial charge on any atom is -0.380 e. The lowest BCUT2D eigenvalue weighted by molar-refractivity contribution is -0.120. The maximum atomic E-state index is 12.4. The van der Waals surface area contributed by atoms with Crippen molar-refractivity contribution in [3.05, 3.63) is 28.2 Å². The molecule has 1 fully saturated rings. The van der Waals surface area contributed by atoms with E-state index in [9.17, 15) is 4.79 Å². The highest BCUT2D eigenvalue weighted by Crippen LogP contribution is 2.26. The van der Waals surface area contributed by atoms with Crippen molar-refractivity contribution in [2.45, 2.75) is 12.6 Å². The molecule has 110 valence electrons. The molecule has 1 aliphatic heterocycles. The Labute approximate surface area is 127 Å². The lowest BCUT2D eigenvalue weighted by Gasteiger charge is -2.18. The van der Waals surface area contributed by atoms with Crippen LogP contribution in [0, 0.1) is 5.92 Å². The van der Waals surface area contributed by atoms with E-state index < -0.39 is 0 Å². The van der Waals surface area contributed by atoms with E-state index in [4.69, 9.17) is 9.47 Å². The van der Waals surface area contributed by atoms with Crippen LogP contribution >= 0.6 is 15.9 Å². The molecule has 0 bridgehead atoms. The number of rotatable bonds is 5. The number of nitrogens with one attached hydrogen (secondary N) is 2. The molecule has 2 unspecified atom stereocenters. The highest BCUT2D eigenvalue weighted by molar-refractivity contribution is 9.10. The summed E-state index contributed by atoms with van der Waals surface area (Å²) in [6.07, 6.45) is 0. The molecule has 1 saturated heterocycles. The Morgan fingerprint density at radius 2 is 2.30 bits per heavy atom. The number of benzene rings is 1. The van der Waals surface area contributed by atoms with Gasteiger partial charge in [-0.2, -0.15) is 0 Å². The summed E-state index contributed by atoms with van der Waals surface area (Å²) in [5.41, 5.74) is 1.70. The summed E-state index contributed by atoms with van der Waals surface area (Å²) in [6.45, 7) is 1.45. The molecule has 1 aliphatic rings. The van der Waals surface area contributed by atoms with E-state index in [-0.39, 0.29) is 17.9 Å². The molecule has 1 aromatic rings. The van der Waals surface area contributed by atoms with Gasteiger partial charge in [0.25, 0.3) is 0 Å². The molecule has 5 nitrogen and oxygen atoms in total. The molecule has 0 spiro atoms. The smallest absolute Gasteiger partial charge is 0.231 e. The summed E-state index contributed by atoms with van der Waals surface area (Å²) < 4.78 is 11.5. The Kier molecular flexibility index (Phi) is 5.54. The van der Waals surface area contributed by atoms with Gasteiger partial charge in [0.15, 0.2) is 0 Å². The highest BCUT2D eigenvalue weighted by atomic mass is 79.9. The second-order valence-corrected chi connectivity index (χ2v) is 5.58. The number of carbonyl (C=O) groups excluding carboxylic acids is 1. The molecule has 2 atom stereocenters. The van der Waals surface area contributed by atoms with Crippen LogP contribution in [0.4, 0.5) is 5.69 Å². The zero-order chi connectivity index (χ0) is 14.5. The zero-order valence-corrected chi connectivity index (χ0v) is 13.2. The molecular weight excluding hydrogens is 324 g/mol. The highest BCUT2D eigenvalue weighted by Gasteiger charge is 2.33. The lowest BCUT2D eigenvalue weighted by atomic mass is 10.0. The van der Waals surface area contributed by atoms with Crippen molar-refractivity contribution in [3.8, 4) is 0 Å². The van der Waals surface area contributed by atoms with Crippen LogP contribution < -0.4 is 10.6 Å². The van der Waals surface area contributed by atoms with E-state index in [2.05, 4.69) is 26.6 Å². The summed E-state index contributed by atoms with van der Waals surface area (Å²) >= 11 is 3.48. The SMILES string of the molecule is CNC1COCC1C(=O)Nc1cccc(Br)c1COC. The second-order valence-electron chi connectivity index (χ2n) is 4.73. The summed E-state index contributed by atoms with van der Waals surface area (Å²) in [6, 6.07) is 5.76. The van der Waals surface area contributed by atoms with Gasteiger partial charge in [0, 0.05) is 28.9 Å². The largest absolute Gasteiger partial charge is 0.380 e. The van der Waals surface area contributed by atoms with E-state index in [0.717, 1.165) is 15.7 Å². The van der Waals surface area contributed by atoms with Gasteiger partial charge in [0.2, 0.25) is 5.91 Å². The van der Waals surface area contributed by atoms with E-state index in [1.54, 1.807) is 7.11 Å². The quantitative estimate of drug-likeness (QED) is 0.856. The first-order valence-corrected chi connectivity index (χ1v) is 7.29. The molecule has 0 radical (unpaired) electrons. The van der Waals surface area contributed by atoms with Gasteiger partial charge in [-0.25, -0.2) is 0 Å². The molecule has 2 rings (SSSR count). The molecule has 1 amide bonds. The van der Waals surface area contributed by atoms with Crippen molar-refractivity contribution >= 4 is 27.5 Å². The van der Waals surface area contributed by atoms with Crippen LogP contribution in [-0.2, 0) is 20.9 Å². The van der Waals surface area contributed by atoms with Crippen LogP contribution in [0.15, 0.2) is 22.7 Å². The fraction of sp³-hybridized carbons (Fsp3) is 0.500. The third-order valence-electron chi connectivity index (χ3n) is 3.45. The van der Waals surface area contributed by atoms with Gasteiger partial charge in [-0.15, -0.1) is 0 Å². The van der Waals surface area contributed by atoms with Crippen LogP contribution in [0.25, 0.3) is 0 Å². The van der Waals surface area contributed by atoms with E-state index >= 15 is 0 Å². The van der Waals surface area contributed by atoms with E-state index in [1.807, 2.05) is 25.2 Å². The van der Waals surface area contributed by atoms with Gasteiger partial charge in [0.05, 0.1) is 25.7 Å². The monoisotopic (exact) mass is 342 g/mol. The van der Waals surface area contributed by atoms with Crippen LogP contribution in [0.2, 0.25) is 0 Å². The molecule has 1 aromatic carbocycles. The maximum Gasteiger partial charge on any atom is 0.231 e. The first-order valence-electron chi connectivity index (χ1n) is 6.49. The number of hydrogen-bond donors (Lipinski definition) is 2. The zero-order valence-electron chi connectivity index (χ0n) is 11.6. The summed E-state index contributed by atoms with van der Waals surface area (Å²) in [7, 11) is 3.47. The summed E-state index contributed by atoms with van der Waals surface area (Å²) in [4.78, 5) is 12.4. The number of likely N-dealkylation sites (N-methyl/N-ethyl adjacent to an activating group) is 1. The van der Waals surface area contributed by atoms with Crippen molar-refractivity contribution < 1.29 is 14.3 Å². The van der Waals surface area contributed by atoms with Crippen molar-refractivity contribution in [2.75, 3.05) is 32.7 Å². The average Bonchev–Trinajstić information content (AvgIpc) is 2.91. The minimum absolute atomic E-state index is 0.0303. The summed E-state index contributed by atoms with van der Waals surface area (Å²) in [5.74, 6) is -0.202. The third-order valence-corrected chi connectivity index (χ3v) is 4.20.